The number of carbonyl (C=O) groups is 1. The molecule has 0 heterocycles. The highest BCUT2D eigenvalue weighted by Crippen LogP contribution is 2.31. The molecule has 0 unspecified atom stereocenters. The minimum Gasteiger partial charge on any atom is -0.495 e. The van der Waals surface area contributed by atoms with E-state index in [1.165, 1.54) is 0 Å². The number of likely N-dealkylation sites (N-methyl/N-ethyl adjacent to an activating group) is 1. The first kappa shape index (κ1) is 22.8. The minimum absolute atomic E-state index is 0.134. The third-order valence-electron chi connectivity index (χ3n) is 4.74. The van der Waals surface area contributed by atoms with Crippen molar-refractivity contribution in [2.24, 2.45) is 0 Å². The molecule has 0 bridgehead atoms. The van der Waals surface area contributed by atoms with Gasteiger partial charge in [0.05, 0.1) is 32.6 Å². The molecule has 29 heavy (non-hydrogen) atoms. The highest BCUT2D eigenvalue weighted by molar-refractivity contribution is 6.31. The average Bonchev–Trinajstić information content (AvgIpc) is 2.70. The average molecular weight is 421 g/mol. The van der Waals surface area contributed by atoms with Gasteiger partial charge in [0.25, 0.3) is 0 Å². The Labute approximate surface area is 177 Å². The van der Waals surface area contributed by atoms with E-state index in [-0.39, 0.29) is 11.9 Å². The van der Waals surface area contributed by atoms with Gasteiger partial charge in [-0.1, -0.05) is 17.7 Å². The standard InChI is InChI=1S/C22H29ClN2O4/c1-7-29-19-9-8-16(11-21(19)28-6)13-25(4)15(3)22(26)24-18-10-14(2)17(23)12-20(18)27-5/h8-12,15H,7,13H2,1-6H3,(H,24,26)/t15-/m0/s1. The van der Waals surface area contributed by atoms with Crippen molar-refractivity contribution in [1.29, 1.82) is 0 Å². The lowest BCUT2D eigenvalue weighted by Gasteiger charge is -2.25. The molecule has 2 aromatic rings. The van der Waals surface area contributed by atoms with Gasteiger partial charge in [0.1, 0.15) is 5.75 Å². The zero-order chi connectivity index (χ0) is 21.6. The third-order valence-corrected chi connectivity index (χ3v) is 5.15. The first-order valence-electron chi connectivity index (χ1n) is 9.45. The monoisotopic (exact) mass is 420 g/mol. The number of hydrogen-bond acceptors (Lipinski definition) is 5. The second kappa shape index (κ2) is 10.4. The van der Waals surface area contributed by atoms with Gasteiger partial charge in [-0.2, -0.15) is 0 Å². The van der Waals surface area contributed by atoms with E-state index >= 15 is 0 Å². The highest BCUT2D eigenvalue weighted by Gasteiger charge is 2.20. The molecule has 0 saturated heterocycles. The summed E-state index contributed by atoms with van der Waals surface area (Å²) in [6.45, 7) is 6.82. The number of methoxy groups -OCH3 is 2. The lowest BCUT2D eigenvalue weighted by Crippen LogP contribution is -2.39. The van der Waals surface area contributed by atoms with Crippen LogP contribution in [-0.2, 0) is 11.3 Å². The molecular formula is C22H29ClN2O4. The molecule has 2 aromatic carbocycles. The summed E-state index contributed by atoms with van der Waals surface area (Å²) in [4.78, 5) is 14.7. The fourth-order valence-corrected chi connectivity index (χ4v) is 3.03. The van der Waals surface area contributed by atoms with Gasteiger partial charge >= 0.3 is 0 Å². The molecule has 0 aromatic heterocycles. The van der Waals surface area contributed by atoms with Crippen molar-refractivity contribution in [3.8, 4) is 17.2 Å². The maximum atomic E-state index is 12.8. The van der Waals surface area contributed by atoms with Gasteiger partial charge in [-0.15, -0.1) is 0 Å². The van der Waals surface area contributed by atoms with E-state index in [1.54, 1.807) is 20.3 Å². The summed E-state index contributed by atoms with van der Waals surface area (Å²) in [6, 6.07) is 8.93. The molecule has 1 amide bonds. The summed E-state index contributed by atoms with van der Waals surface area (Å²) in [5.41, 5.74) is 2.49. The van der Waals surface area contributed by atoms with Crippen molar-refractivity contribution in [2.45, 2.75) is 33.4 Å². The van der Waals surface area contributed by atoms with Crippen LogP contribution in [0.25, 0.3) is 0 Å². The normalized spacial score (nSPS) is 11.9. The maximum Gasteiger partial charge on any atom is 0.241 e. The van der Waals surface area contributed by atoms with Gasteiger partial charge in [0.2, 0.25) is 5.91 Å². The molecule has 0 aliphatic heterocycles. The van der Waals surface area contributed by atoms with Gasteiger partial charge in [0.15, 0.2) is 11.5 Å². The Bertz CT molecular complexity index is 857. The number of nitrogens with one attached hydrogen (secondary N) is 1. The molecule has 1 N–H and O–H groups in total. The first-order chi connectivity index (χ1) is 13.8. The molecule has 0 spiro atoms. The second-order valence-corrected chi connectivity index (χ2v) is 7.21. The van der Waals surface area contributed by atoms with E-state index in [4.69, 9.17) is 25.8 Å². The molecule has 0 fully saturated rings. The van der Waals surface area contributed by atoms with Gasteiger partial charge < -0.3 is 19.5 Å². The number of carbonyl (C=O) groups excluding carboxylic acids is 1. The van der Waals surface area contributed by atoms with Gasteiger partial charge in [-0.05, 0) is 57.1 Å². The number of rotatable bonds is 9. The number of anilines is 1. The summed E-state index contributed by atoms with van der Waals surface area (Å²) >= 11 is 6.14. The fourth-order valence-electron chi connectivity index (χ4n) is 2.88. The molecule has 0 aliphatic rings. The van der Waals surface area contributed by atoms with Crippen molar-refractivity contribution in [3.63, 3.8) is 0 Å². The number of hydrogen-bond donors (Lipinski definition) is 1. The highest BCUT2D eigenvalue weighted by atomic mass is 35.5. The van der Waals surface area contributed by atoms with E-state index in [9.17, 15) is 4.79 Å². The molecule has 0 aliphatic carbocycles. The quantitative estimate of drug-likeness (QED) is 0.646. The summed E-state index contributed by atoms with van der Waals surface area (Å²) < 4.78 is 16.3. The number of ether oxygens (including phenoxy) is 3. The van der Waals surface area contributed by atoms with Gasteiger partial charge in [0, 0.05) is 17.6 Å². The fraction of sp³-hybridized carbons (Fsp3) is 0.409. The predicted molar refractivity (Wildman–Crippen MR) is 116 cm³/mol. The van der Waals surface area contributed by atoms with Crippen LogP contribution in [0.2, 0.25) is 5.02 Å². The number of aryl methyl sites for hydroxylation is 1. The largest absolute Gasteiger partial charge is 0.495 e. The minimum atomic E-state index is -0.367. The SMILES string of the molecule is CCOc1ccc(CN(C)[C@@H](C)C(=O)Nc2cc(C)c(Cl)cc2OC)cc1OC. The number of nitrogens with zero attached hydrogens (tertiary/aromatic N) is 1. The van der Waals surface area contributed by atoms with E-state index in [0.29, 0.717) is 41.1 Å². The lowest BCUT2D eigenvalue weighted by atomic mass is 10.1. The lowest BCUT2D eigenvalue weighted by molar-refractivity contribution is -0.120. The zero-order valence-corrected chi connectivity index (χ0v) is 18.6. The van der Waals surface area contributed by atoms with Gasteiger partial charge in [-0.25, -0.2) is 0 Å². The van der Waals surface area contributed by atoms with Crippen LogP contribution >= 0.6 is 11.6 Å². The Morgan fingerprint density at radius 3 is 2.45 bits per heavy atom. The van der Waals surface area contributed by atoms with Crippen molar-refractivity contribution in [3.05, 3.63) is 46.5 Å². The Kier molecular flexibility index (Phi) is 8.17. The van der Waals surface area contributed by atoms with E-state index in [0.717, 1.165) is 11.1 Å². The number of halogens is 1. The van der Waals surface area contributed by atoms with E-state index in [2.05, 4.69) is 5.32 Å². The smallest absolute Gasteiger partial charge is 0.241 e. The third kappa shape index (κ3) is 5.78. The Hall–Kier alpha value is -2.44. The van der Waals surface area contributed by atoms with Crippen LogP contribution < -0.4 is 19.5 Å². The summed E-state index contributed by atoms with van der Waals surface area (Å²) in [6.07, 6.45) is 0. The summed E-state index contributed by atoms with van der Waals surface area (Å²) in [7, 11) is 5.06. The summed E-state index contributed by atoms with van der Waals surface area (Å²) in [5.74, 6) is 1.78. The van der Waals surface area contributed by atoms with Crippen LogP contribution in [0, 0.1) is 6.92 Å². The van der Waals surface area contributed by atoms with E-state index in [1.807, 2.05) is 57.0 Å². The molecule has 6 nitrogen and oxygen atoms in total. The van der Waals surface area contributed by atoms with Crippen LogP contribution in [0.15, 0.2) is 30.3 Å². The Balaban J connectivity index is 2.09. The predicted octanol–water partition coefficient (Wildman–Crippen LogP) is 4.52. The van der Waals surface area contributed by atoms with Crippen molar-refractivity contribution < 1.29 is 19.0 Å². The molecular weight excluding hydrogens is 392 g/mol. The van der Waals surface area contributed by atoms with Crippen LogP contribution in [0.4, 0.5) is 5.69 Å². The Morgan fingerprint density at radius 2 is 1.83 bits per heavy atom. The van der Waals surface area contributed by atoms with E-state index < -0.39 is 0 Å². The first-order valence-corrected chi connectivity index (χ1v) is 9.83. The number of benzene rings is 2. The molecule has 7 heteroatoms. The van der Waals surface area contributed by atoms with Crippen LogP contribution in [0.5, 0.6) is 17.2 Å². The van der Waals surface area contributed by atoms with Crippen LogP contribution in [0.1, 0.15) is 25.0 Å². The van der Waals surface area contributed by atoms with Crippen LogP contribution in [-0.4, -0.2) is 44.7 Å². The van der Waals surface area contributed by atoms with Gasteiger partial charge in [-0.3, -0.25) is 9.69 Å². The maximum absolute atomic E-state index is 12.8. The van der Waals surface area contributed by atoms with Crippen molar-refractivity contribution in [1.82, 2.24) is 4.90 Å². The van der Waals surface area contributed by atoms with Crippen molar-refractivity contribution >= 4 is 23.2 Å². The second-order valence-electron chi connectivity index (χ2n) is 6.80. The number of amides is 1. The van der Waals surface area contributed by atoms with Crippen molar-refractivity contribution in [2.75, 3.05) is 33.2 Å². The van der Waals surface area contributed by atoms with Crippen LogP contribution in [0.3, 0.4) is 0 Å². The molecule has 1 atom stereocenters. The summed E-state index contributed by atoms with van der Waals surface area (Å²) in [5, 5.41) is 3.53. The molecule has 158 valence electrons. The Morgan fingerprint density at radius 1 is 1.14 bits per heavy atom. The zero-order valence-electron chi connectivity index (χ0n) is 17.8. The molecule has 0 saturated carbocycles. The topological polar surface area (TPSA) is 60.0 Å². The molecule has 2 rings (SSSR count). The molecule has 0 radical (unpaired) electrons.